The molecule has 2 aromatic rings. The van der Waals surface area contributed by atoms with E-state index in [4.69, 9.17) is 4.74 Å². The zero-order valence-electron chi connectivity index (χ0n) is 17.1. The van der Waals surface area contributed by atoms with E-state index in [9.17, 15) is 0 Å². The Morgan fingerprint density at radius 2 is 2.19 bits per heavy atom. The summed E-state index contributed by atoms with van der Waals surface area (Å²) in [6.07, 6.45) is 7.87. The smallest absolute Gasteiger partial charge is 0.119 e. The van der Waals surface area contributed by atoms with Crippen molar-refractivity contribution in [3.8, 4) is 5.75 Å². The van der Waals surface area contributed by atoms with Crippen LogP contribution in [0.4, 0.5) is 0 Å². The molecular formula is C22H34N4O. The van der Waals surface area contributed by atoms with E-state index in [1.807, 2.05) is 24.0 Å². The van der Waals surface area contributed by atoms with Crippen LogP contribution in [-0.4, -0.2) is 59.4 Å². The highest BCUT2D eigenvalue weighted by Crippen LogP contribution is 2.20. The van der Waals surface area contributed by atoms with Crippen LogP contribution in [-0.2, 0) is 20.0 Å². The average Bonchev–Trinajstić information content (AvgIpc) is 3.11. The Bertz CT molecular complexity index is 699. The predicted octanol–water partition coefficient (Wildman–Crippen LogP) is 3.21. The molecule has 0 N–H and O–H groups in total. The largest absolute Gasteiger partial charge is 0.497 e. The molecule has 148 valence electrons. The van der Waals surface area contributed by atoms with Gasteiger partial charge in [-0.1, -0.05) is 19.1 Å². The van der Waals surface area contributed by atoms with Crippen LogP contribution in [0.2, 0.25) is 0 Å². The molecule has 1 aromatic carbocycles. The van der Waals surface area contributed by atoms with Gasteiger partial charge in [-0.15, -0.1) is 0 Å². The molecule has 1 aliphatic heterocycles. The maximum atomic E-state index is 5.35. The number of aryl methyl sites for hydroxylation is 1. The van der Waals surface area contributed by atoms with Crippen molar-refractivity contribution in [3.63, 3.8) is 0 Å². The predicted molar refractivity (Wildman–Crippen MR) is 110 cm³/mol. The first kappa shape index (κ1) is 19.9. The molecule has 5 heteroatoms. The molecule has 0 bridgehead atoms. The Morgan fingerprint density at radius 1 is 1.30 bits per heavy atom. The first-order chi connectivity index (χ1) is 13.2. The van der Waals surface area contributed by atoms with E-state index in [1.54, 1.807) is 7.11 Å². The van der Waals surface area contributed by atoms with Crippen molar-refractivity contribution >= 4 is 0 Å². The van der Waals surface area contributed by atoms with E-state index < -0.39 is 0 Å². The van der Waals surface area contributed by atoms with E-state index >= 15 is 0 Å². The third-order valence-corrected chi connectivity index (χ3v) is 5.58. The van der Waals surface area contributed by atoms with Crippen molar-refractivity contribution in [1.82, 2.24) is 19.6 Å². The molecule has 0 aliphatic carbocycles. The minimum Gasteiger partial charge on any atom is -0.497 e. The summed E-state index contributed by atoms with van der Waals surface area (Å²) in [5.74, 6) is 1.72. The molecule has 1 atom stereocenters. The lowest BCUT2D eigenvalue weighted by Gasteiger charge is -2.35. The fourth-order valence-corrected chi connectivity index (χ4v) is 4.10. The second-order valence-electron chi connectivity index (χ2n) is 7.76. The van der Waals surface area contributed by atoms with Crippen molar-refractivity contribution in [1.29, 1.82) is 0 Å². The quantitative estimate of drug-likeness (QED) is 0.679. The Balaban J connectivity index is 1.47. The van der Waals surface area contributed by atoms with Crippen LogP contribution in [0.15, 0.2) is 36.7 Å². The molecule has 1 saturated heterocycles. The number of rotatable bonds is 9. The molecule has 27 heavy (non-hydrogen) atoms. The first-order valence-corrected chi connectivity index (χ1v) is 10.2. The van der Waals surface area contributed by atoms with E-state index in [0.717, 1.165) is 37.7 Å². The topological polar surface area (TPSA) is 33.5 Å². The van der Waals surface area contributed by atoms with Crippen molar-refractivity contribution in [2.75, 3.05) is 39.8 Å². The Hall–Kier alpha value is -1.85. The average molecular weight is 371 g/mol. The van der Waals surface area contributed by atoms with E-state index in [2.05, 4.69) is 46.2 Å². The summed E-state index contributed by atoms with van der Waals surface area (Å²) < 4.78 is 7.24. The lowest BCUT2D eigenvalue weighted by atomic mass is 9.96. The molecule has 0 spiro atoms. The van der Waals surface area contributed by atoms with Crippen molar-refractivity contribution in [2.24, 2.45) is 13.0 Å². The summed E-state index contributed by atoms with van der Waals surface area (Å²) in [5, 5.41) is 4.30. The number of piperidine rings is 1. The van der Waals surface area contributed by atoms with Gasteiger partial charge >= 0.3 is 0 Å². The molecule has 2 heterocycles. The van der Waals surface area contributed by atoms with Crippen LogP contribution in [0, 0.1) is 5.92 Å². The van der Waals surface area contributed by atoms with Gasteiger partial charge in [0.2, 0.25) is 0 Å². The highest BCUT2D eigenvalue weighted by molar-refractivity contribution is 5.28. The van der Waals surface area contributed by atoms with Crippen LogP contribution < -0.4 is 4.74 Å². The lowest BCUT2D eigenvalue weighted by Crippen LogP contribution is -2.41. The van der Waals surface area contributed by atoms with Gasteiger partial charge in [0.15, 0.2) is 0 Å². The molecule has 1 unspecified atom stereocenters. The summed E-state index contributed by atoms with van der Waals surface area (Å²) in [5.41, 5.74) is 2.67. The molecule has 0 radical (unpaired) electrons. The van der Waals surface area contributed by atoms with Crippen LogP contribution in [0.5, 0.6) is 5.75 Å². The Morgan fingerprint density at radius 3 is 2.93 bits per heavy atom. The van der Waals surface area contributed by atoms with Crippen molar-refractivity contribution < 1.29 is 4.74 Å². The third kappa shape index (κ3) is 6.08. The first-order valence-electron chi connectivity index (χ1n) is 10.2. The van der Waals surface area contributed by atoms with Crippen LogP contribution >= 0.6 is 0 Å². The summed E-state index contributed by atoms with van der Waals surface area (Å²) in [7, 11) is 3.72. The standard InChI is InChI=1S/C22H34N4O/c1-4-25(18-21-14-23-24(2)15-21)16-20-8-6-11-26(17-20)12-10-19-7-5-9-22(13-19)27-3/h5,7,9,13-15,20H,4,6,8,10-12,16-18H2,1-3H3. The molecule has 5 nitrogen and oxygen atoms in total. The number of nitrogens with zero attached hydrogens (tertiary/aromatic N) is 4. The molecule has 3 rings (SSSR count). The molecule has 1 fully saturated rings. The number of hydrogen-bond donors (Lipinski definition) is 0. The zero-order chi connectivity index (χ0) is 19.1. The van der Waals surface area contributed by atoms with Crippen LogP contribution in [0.25, 0.3) is 0 Å². The number of benzene rings is 1. The Labute approximate surface area is 163 Å². The fourth-order valence-electron chi connectivity index (χ4n) is 4.10. The minimum absolute atomic E-state index is 0.765. The number of hydrogen-bond acceptors (Lipinski definition) is 4. The third-order valence-electron chi connectivity index (χ3n) is 5.58. The number of ether oxygens (including phenoxy) is 1. The number of aromatic nitrogens is 2. The van der Waals surface area contributed by atoms with Crippen LogP contribution in [0.1, 0.15) is 30.9 Å². The second-order valence-corrected chi connectivity index (χ2v) is 7.76. The van der Waals surface area contributed by atoms with Gasteiger partial charge in [-0.25, -0.2) is 0 Å². The van der Waals surface area contributed by atoms with Gasteiger partial charge in [-0.05, 0) is 56.0 Å². The van der Waals surface area contributed by atoms with Gasteiger partial charge in [0, 0.05) is 45.0 Å². The molecule has 1 aliphatic rings. The van der Waals surface area contributed by atoms with Gasteiger partial charge < -0.3 is 9.64 Å². The summed E-state index contributed by atoms with van der Waals surface area (Å²) in [4.78, 5) is 5.21. The van der Waals surface area contributed by atoms with Gasteiger partial charge in [0.05, 0.1) is 13.3 Å². The maximum Gasteiger partial charge on any atom is 0.119 e. The molecule has 1 aromatic heterocycles. The number of likely N-dealkylation sites (tertiary alicyclic amines) is 1. The van der Waals surface area contributed by atoms with Gasteiger partial charge in [-0.2, -0.15) is 5.10 Å². The van der Waals surface area contributed by atoms with Gasteiger partial charge in [0.25, 0.3) is 0 Å². The molecule has 0 saturated carbocycles. The SMILES string of the molecule is CCN(Cc1cnn(C)c1)CC1CCCN(CCc2cccc(OC)c2)C1. The summed E-state index contributed by atoms with van der Waals surface area (Å²) in [6.45, 7) is 9.13. The molecular weight excluding hydrogens is 336 g/mol. The zero-order valence-corrected chi connectivity index (χ0v) is 17.1. The monoisotopic (exact) mass is 370 g/mol. The minimum atomic E-state index is 0.765. The van der Waals surface area contributed by atoms with Gasteiger partial charge in [0.1, 0.15) is 5.75 Å². The fraction of sp³-hybridized carbons (Fsp3) is 0.591. The molecule has 0 amide bonds. The van der Waals surface area contributed by atoms with Gasteiger partial charge in [-0.3, -0.25) is 9.58 Å². The normalized spacial score (nSPS) is 18.1. The number of methoxy groups -OCH3 is 1. The van der Waals surface area contributed by atoms with E-state index in [1.165, 1.54) is 43.6 Å². The second kappa shape index (κ2) is 9.90. The Kier molecular flexibility index (Phi) is 7.30. The van der Waals surface area contributed by atoms with Crippen molar-refractivity contribution in [3.05, 3.63) is 47.8 Å². The van der Waals surface area contributed by atoms with Crippen molar-refractivity contribution in [2.45, 2.75) is 32.7 Å². The highest BCUT2D eigenvalue weighted by Gasteiger charge is 2.21. The highest BCUT2D eigenvalue weighted by atomic mass is 16.5. The van der Waals surface area contributed by atoms with Crippen LogP contribution in [0.3, 0.4) is 0 Å². The summed E-state index contributed by atoms with van der Waals surface area (Å²) in [6, 6.07) is 8.47. The lowest BCUT2D eigenvalue weighted by molar-refractivity contribution is 0.133. The summed E-state index contributed by atoms with van der Waals surface area (Å²) >= 11 is 0. The van der Waals surface area contributed by atoms with E-state index in [0.29, 0.717) is 0 Å². The maximum absolute atomic E-state index is 5.35. The van der Waals surface area contributed by atoms with E-state index in [-0.39, 0.29) is 0 Å².